The zero-order chi connectivity index (χ0) is 22.3. The van der Waals surface area contributed by atoms with Crippen LogP contribution in [0.4, 0.5) is 5.69 Å². The maximum atomic E-state index is 12.9. The van der Waals surface area contributed by atoms with Gasteiger partial charge in [-0.05, 0) is 62.2 Å². The number of anilines is 1. The Bertz CT molecular complexity index is 1070. The summed E-state index contributed by atoms with van der Waals surface area (Å²) in [5, 5.41) is 7.20. The first kappa shape index (κ1) is 22.1. The molecule has 7 nitrogen and oxygen atoms in total. The van der Waals surface area contributed by atoms with Crippen molar-refractivity contribution in [3.63, 3.8) is 0 Å². The largest absolute Gasteiger partial charge is 0.461 e. The van der Waals surface area contributed by atoms with E-state index in [0.29, 0.717) is 17.9 Å². The molecule has 1 amide bonds. The molecule has 0 spiro atoms. The first-order valence-corrected chi connectivity index (χ1v) is 11.6. The van der Waals surface area contributed by atoms with E-state index in [1.807, 2.05) is 36.4 Å². The van der Waals surface area contributed by atoms with E-state index in [2.05, 4.69) is 10.4 Å². The molecule has 8 heteroatoms. The normalized spacial score (nSPS) is 15.5. The predicted molar refractivity (Wildman–Crippen MR) is 124 cm³/mol. The monoisotopic (exact) mass is 451 g/mol. The third kappa shape index (κ3) is 5.38. The molecule has 2 heterocycles. The Labute approximate surface area is 191 Å². The molecule has 1 aliphatic heterocycles. The van der Waals surface area contributed by atoms with E-state index >= 15 is 0 Å². The summed E-state index contributed by atoms with van der Waals surface area (Å²) in [5.74, 6) is 0.236. The van der Waals surface area contributed by atoms with Gasteiger partial charge in [0.15, 0.2) is 5.69 Å². The topological polar surface area (TPSA) is 82.5 Å². The maximum absolute atomic E-state index is 12.9. The van der Waals surface area contributed by atoms with Crippen molar-refractivity contribution in [1.29, 1.82) is 0 Å². The Morgan fingerprint density at radius 3 is 2.75 bits per heavy atom. The molecule has 1 N–H and O–H groups in total. The van der Waals surface area contributed by atoms with Crippen LogP contribution in [-0.2, 0) is 9.47 Å². The van der Waals surface area contributed by atoms with Gasteiger partial charge in [0, 0.05) is 29.1 Å². The third-order valence-electron chi connectivity index (χ3n) is 5.04. The average molecular weight is 452 g/mol. The molecule has 1 aromatic heterocycles. The number of nitrogens with zero attached hydrogens (tertiary/aromatic N) is 2. The van der Waals surface area contributed by atoms with Gasteiger partial charge in [-0.3, -0.25) is 4.79 Å². The SMILES string of the molecule is CCOC(=O)c1ccn(-c2ccc(NC(=O)c3ccccc3SCC3CCCO3)cc2)n1. The standard InChI is InChI=1S/C24H25N3O4S/c1-2-30-24(29)21-13-14-27(26-21)18-11-9-17(10-12-18)25-23(28)20-7-3-4-8-22(20)32-16-19-6-5-15-31-19/h3-4,7-14,19H,2,5-6,15-16H2,1H3,(H,25,28). The highest BCUT2D eigenvalue weighted by molar-refractivity contribution is 7.99. The number of ether oxygens (including phenoxy) is 2. The molecule has 1 saturated heterocycles. The molecule has 0 radical (unpaired) electrons. The second-order valence-corrected chi connectivity index (χ2v) is 8.37. The van der Waals surface area contributed by atoms with Crippen LogP contribution in [0.3, 0.4) is 0 Å². The number of amides is 1. The fourth-order valence-electron chi connectivity index (χ4n) is 3.42. The highest BCUT2D eigenvalue weighted by atomic mass is 32.2. The molecule has 1 atom stereocenters. The van der Waals surface area contributed by atoms with Crippen molar-refractivity contribution in [2.75, 3.05) is 24.3 Å². The van der Waals surface area contributed by atoms with Crippen LogP contribution >= 0.6 is 11.8 Å². The minimum Gasteiger partial charge on any atom is -0.461 e. The quantitative estimate of drug-likeness (QED) is 0.399. The van der Waals surface area contributed by atoms with Crippen LogP contribution in [0.25, 0.3) is 5.69 Å². The van der Waals surface area contributed by atoms with Gasteiger partial charge < -0.3 is 14.8 Å². The van der Waals surface area contributed by atoms with Gasteiger partial charge in [-0.1, -0.05) is 12.1 Å². The second-order valence-electron chi connectivity index (χ2n) is 7.31. The Hall–Kier alpha value is -3.10. The van der Waals surface area contributed by atoms with E-state index in [1.54, 1.807) is 47.8 Å². The molecule has 0 bridgehead atoms. The van der Waals surface area contributed by atoms with Gasteiger partial charge in [-0.25, -0.2) is 9.48 Å². The van der Waals surface area contributed by atoms with E-state index in [1.165, 1.54) is 0 Å². The van der Waals surface area contributed by atoms with Crippen molar-refractivity contribution in [2.24, 2.45) is 0 Å². The zero-order valence-corrected chi connectivity index (χ0v) is 18.6. The van der Waals surface area contributed by atoms with Gasteiger partial charge in [-0.2, -0.15) is 5.10 Å². The minimum absolute atomic E-state index is 0.156. The van der Waals surface area contributed by atoms with Crippen molar-refractivity contribution < 1.29 is 19.1 Å². The highest BCUT2D eigenvalue weighted by Gasteiger charge is 2.18. The van der Waals surface area contributed by atoms with Crippen molar-refractivity contribution >= 4 is 29.3 Å². The van der Waals surface area contributed by atoms with Gasteiger partial charge in [0.05, 0.1) is 24.0 Å². The van der Waals surface area contributed by atoms with Crippen LogP contribution in [0.2, 0.25) is 0 Å². The van der Waals surface area contributed by atoms with Crippen molar-refractivity contribution in [2.45, 2.75) is 30.8 Å². The number of rotatable bonds is 8. The van der Waals surface area contributed by atoms with Gasteiger partial charge in [0.25, 0.3) is 5.91 Å². The molecule has 2 aromatic carbocycles. The summed E-state index contributed by atoms with van der Waals surface area (Å²) in [4.78, 5) is 25.6. The molecular formula is C24H25N3O4S. The fraction of sp³-hybridized carbons (Fsp3) is 0.292. The number of hydrogen-bond donors (Lipinski definition) is 1. The number of benzene rings is 2. The fourth-order valence-corrected chi connectivity index (χ4v) is 4.54. The first-order chi connectivity index (χ1) is 15.6. The summed E-state index contributed by atoms with van der Waals surface area (Å²) in [6, 6.07) is 16.5. The maximum Gasteiger partial charge on any atom is 0.358 e. The lowest BCUT2D eigenvalue weighted by atomic mass is 10.2. The summed E-state index contributed by atoms with van der Waals surface area (Å²) in [5.41, 5.74) is 2.34. The minimum atomic E-state index is -0.453. The summed E-state index contributed by atoms with van der Waals surface area (Å²) in [7, 11) is 0. The van der Waals surface area contributed by atoms with Crippen LogP contribution in [-0.4, -0.2) is 46.7 Å². The van der Waals surface area contributed by atoms with Crippen molar-refractivity contribution in [3.8, 4) is 5.69 Å². The second kappa shape index (κ2) is 10.5. The van der Waals surface area contributed by atoms with Gasteiger partial charge in [0.1, 0.15) is 0 Å². The van der Waals surface area contributed by atoms with Gasteiger partial charge >= 0.3 is 5.97 Å². The molecule has 1 aliphatic rings. The Morgan fingerprint density at radius 1 is 1.19 bits per heavy atom. The molecule has 4 rings (SSSR count). The van der Waals surface area contributed by atoms with E-state index < -0.39 is 5.97 Å². The smallest absolute Gasteiger partial charge is 0.358 e. The zero-order valence-electron chi connectivity index (χ0n) is 17.8. The lowest BCUT2D eigenvalue weighted by Gasteiger charge is -2.12. The molecule has 1 fully saturated rings. The van der Waals surface area contributed by atoms with Crippen LogP contribution in [0.15, 0.2) is 65.7 Å². The Balaban J connectivity index is 1.40. The molecule has 32 heavy (non-hydrogen) atoms. The summed E-state index contributed by atoms with van der Waals surface area (Å²) >= 11 is 1.66. The Kier molecular flexibility index (Phi) is 7.24. The lowest BCUT2D eigenvalue weighted by molar-refractivity contribution is 0.0518. The van der Waals surface area contributed by atoms with Crippen molar-refractivity contribution in [1.82, 2.24) is 9.78 Å². The number of esters is 1. The van der Waals surface area contributed by atoms with Crippen LogP contribution in [0, 0.1) is 0 Å². The summed E-state index contributed by atoms with van der Waals surface area (Å²) in [6.45, 7) is 2.88. The Morgan fingerprint density at radius 2 is 2.00 bits per heavy atom. The van der Waals surface area contributed by atoms with Crippen LogP contribution in [0.5, 0.6) is 0 Å². The number of hydrogen-bond acceptors (Lipinski definition) is 6. The number of carbonyl (C=O) groups excluding carboxylic acids is 2. The van der Waals surface area contributed by atoms with Gasteiger partial charge in [0.2, 0.25) is 0 Å². The average Bonchev–Trinajstić information content (AvgIpc) is 3.51. The summed E-state index contributed by atoms with van der Waals surface area (Å²) in [6.07, 6.45) is 4.13. The van der Waals surface area contributed by atoms with Crippen LogP contribution in [0.1, 0.15) is 40.6 Å². The molecular weight excluding hydrogens is 426 g/mol. The first-order valence-electron chi connectivity index (χ1n) is 10.6. The van der Waals surface area contributed by atoms with Crippen LogP contribution < -0.4 is 5.32 Å². The highest BCUT2D eigenvalue weighted by Crippen LogP contribution is 2.27. The molecule has 1 unspecified atom stereocenters. The molecule has 0 saturated carbocycles. The number of nitrogens with one attached hydrogen (secondary N) is 1. The molecule has 166 valence electrons. The number of carbonyl (C=O) groups is 2. The van der Waals surface area contributed by atoms with E-state index in [-0.39, 0.29) is 17.7 Å². The molecule has 3 aromatic rings. The lowest BCUT2D eigenvalue weighted by Crippen LogP contribution is -2.14. The number of aromatic nitrogens is 2. The summed E-state index contributed by atoms with van der Waals surface area (Å²) < 4.78 is 12.2. The third-order valence-corrected chi connectivity index (χ3v) is 6.25. The van der Waals surface area contributed by atoms with E-state index in [0.717, 1.165) is 35.8 Å². The van der Waals surface area contributed by atoms with E-state index in [4.69, 9.17) is 9.47 Å². The van der Waals surface area contributed by atoms with Crippen molar-refractivity contribution in [3.05, 3.63) is 72.1 Å². The van der Waals surface area contributed by atoms with Gasteiger partial charge in [-0.15, -0.1) is 11.8 Å². The predicted octanol–water partition coefficient (Wildman–Crippen LogP) is 4.57. The van der Waals surface area contributed by atoms with E-state index in [9.17, 15) is 9.59 Å². The number of thioether (sulfide) groups is 1. The molecule has 0 aliphatic carbocycles.